The molecule has 0 aromatic heterocycles. The molecule has 3 nitrogen and oxygen atoms in total. The topological polar surface area (TPSA) is 24.8 Å². The van der Waals surface area contributed by atoms with Crippen LogP contribution in [0.5, 0.6) is 0 Å². The van der Waals surface area contributed by atoms with Gasteiger partial charge < -0.3 is 9.74 Å². The van der Waals surface area contributed by atoms with Gasteiger partial charge in [0.05, 0.1) is 11.6 Å². The molecule has 18 rings (SSSR count). The maximum atomic E-state index is 7.34. The van der Waals surface area contributed by atoms with Crippen molar-refractivity contribution in [3.8, 4) is 0 Å². The molecular weight excluding hydrogens is 633 g/mol. The van der Waals surface area contributed by atoms with Gasteiger partial charge in [-0.2, -0.15) is 0 Å². The number of hydrogen-bond acceptors (Lipinski definition) is 3. The minimum absolute atomic E-state index is 0.221. The number of oxime groups is 1. The van der Waals surface area contributed by atoms with Gasteiger partial charge in [-0.25, -0.2) is 0 Å². The van der Waals surface area contributed by atoms with E-state index in [4.69, 9.17) is 9.99 Å². The third kappa shape index (κ3) is 1.81. The molecule has 0 bridgehead atoms. The molecular formula is C49H28N2O. The molecule has 6 aliphatic carbocycles. The number of rotatable bonds is 2. The van der Waals surface area contributed by atoms with Gasteiger partial charge in [-0.1, -0.05) is 47.6 Å². The van der Waals surface area contributed by atoms with E-state index in [9.17, 15) is 0 Å². The van der Waals surface area contributed by atoms with Gasteiger partial charge in [-0.05, 0) is 185 Å². The summed E-state index contributed by atoms with van der Waals surface area (Å²) in [6, 6.07) is 19.2. The summed E-state index contributed by atoms with van der Waals surface area (Å²) in [7, 11) is 4.25. The van der Waals surface area contributed by atoms with Gasteiger partial charge in [-0.3, -0.25) is 0 Å². The Labute approximate surface area is 296 Å². The molecule has 0 radical (unpaired) electrons. The second kappa shape index (κ2) is 6.56. The minimum atomic E-state index is -0.429. The van der Waals surface area contributed by atoms with Crippen molar-refractivity contribution in [2.45, 2.75) is 55.0 Å². The Hall–Kier alpha value is -5.41. The molecule has 7 aliphatic rings. The molecule has 240 valence electrons. The summed E-state index contributed by atoms with van der Waals surface area (Å²) in [4.78, 5) is 9.53. The molecule has 0 saturated heterocycles. The van der Waals surface area contributed by atoms with E-state index < -0.39 is 5.60 Å². The number of anilines is 1. The third-order valence-corrected chi connectivity index (χ3v) is 17.0. The van der Waals surface area contributed by atoms with Crippen LogP contribution in [0.2, 0.25) is 0 Å². The molecule has 0 fully saturated rings. The van der Waals surface area contributed by atoms with Gasteiger partial charge >= 0.3 is 0 Å². The summed E-state index contributed by atoms with van der Waals surface area (Å²) >= 11 is 0. The van der Waals surface area contributed by atoms with Crippen LogP contribution in [0.15, 0.2) is 53.7 Å². The Morgan fingerprint density at radius 1 is 0.596 bits per heavy atom. The molecule has 0 amide bonds. The Kier molecular flexibility index (Phi) is 3.02. The molecule has 1 spiro atoms. The zero-order chi connectivity index (χ0) is 32.7. The summed E-state index contributed by atoms with van der Waals surface area (Å²) in [5.41, 5.74) is 13.2. The second-order valence-electron chi connectivity index (χ2n) is 18.4. The Morgan fingerprint density at radius 2 is 1.31 bits per heavy atom. The van der Waals surface area contributed by atoms with E-state index in [-0.39, 0.29) is 5.92 Å². The number of nitrogens with zero attached hydrogens (tertiary/aromatic N) is 2. The smallest absolute Gasteiger partial charge is 0.178 e. The van der Waals surface area contributed by atoms with Crippen LogP contribution in [0.4, 0.5) is 5.69 Å². The van der Waals surface area contributed by atoms with Crippen LogP contribution >= 0.6 is 0 Å². The lowest BCUT2D eigenvalue weighted by Crippen LogP contribution is -2.44. The predicted octanol–water partition coefficient (Wildman–Crippen LogP) is 10.8. The first-order chi connectivity index (χ1) is 25.7. The maximum absolute atomic E-state index is 7.34. The molecule has 11 aromatic rings. The van der Waals surface area contributed by atoms with Crippen molar-refractivity contribution in [3.05, 3.63) is 92.7 Å². The van der Waals surface area contributed by atoms with E-state index in [1.165, 1.54) is 52.4 Å². The fourth-order valence-corrected chi connectivity index (χ4v) is 15.8. The zero-order valence-electron chi connectivity index (χ0n) is 28.7. The van der Waals surface area contributed by atoms with Crippen molar-refractivity contribution in [3.63, 3.8) is 0 Å². The van der Waals surface area contributed by atoms with Crippen LogP contribution in [-0.2, 0) is 10.4 Å². The lowest BCUT2D eigenvalue weighted by Gasteiger charge is -2.44. The molecule has 1 heterocycles. The highest BCUT2D eigenvalue weighted by atomic mass is 16.7. The van der Waals surface area contributed by atoms with E-state index in [1.54, 1.807) is 119 Å². The van der Waals surface area contributed by atoms with Gasteiger partial charge in [-0.15, -0.1) is 0 Å². The van der Waals surface area contributed by atoms with Crippen LogP contribution in [0, 0.1) is 5.92 Å². The van der Waals surface area contributed by atoms with Gasteiger partial charge in [0.15, 0.2) is 5.60 Å². The highest BCUT2D eigenvalue weighted by Gasteiger charge is 2.67. The van der Waals surface area contributed by atoms with Crippen molar-refractivity contribution >= 4 is 114 Å². The van der Waals surface area contributed by atoms with E-state index in [0.717, 1.165) is 6.42 Å². The summed E-state index contributed by atoms with van der Waals surface area (Å²) < 4.78 is 0. The second-order valence-corrected chi connectivity index (χ2v) is 18.4. The molecule has 0 N–H and O–H groups in total. The van der Waals surface area contributed by atoms with Crippen LogP contribution in [0.25, 0.3) is 103 Å². The Morgan fingerprint density at radius 3 is 2.17 bits per heavy atom. The molecule has 5 unspecified atom stereocenters. The summed E-state index contributed by atoms with van der Waals surface area (Å²) in [5.74, 6) is 2.14. The van der Waals surface area contributed by atoms with Crippen molar-refractivity contribution < 1.29 is 4.84 Å². The van der Waals surface area contributed by atoms with Crippen LogP contribution in [0.1, 0.15) is 88.3 Å². The maximum Gasteiger partial charge on any atom is 0.178 e. The van der Waals surface area contributed by atoms with E-state index in [1.807, 2.05) is 0 Å². The molecule has 0 saturated carbocycles. The van der Waals surface area contributed by atoms with E-state index in [2.05, 4.69) is 73.6 Å². The highest BCUT2D eigenvalue weighted by molar-refractivity contribution is 6.60. The lowest BCUT2D eigenvalue weighted by molar-refractivity contribution is -0.0780. The minimum Gasteiger partial charge on any atom is -0.383 e. The van der Waals surface area contributed by atoms with Crippen molar-refractivity contribution in [2.75, 3.05) is 19.0 Å². The number of fused-ring (bicyclic) bond motifs is 4. The first kappa shape index (κ1) is 23.9. The Balaban J connectivity index is 1.13. The van der Waals surface area contributed by atoms with Crippen molar-refractivity contribution in [2.24, 2.45) is 11.1 Å². The monoisotopic (exact) mass is 660 g/mol. The summed E-state index contributed by atoms with van der Waals surface area (Å²) in [5, 5.41) is 35.4. The standard InChI is InChI=1S/C49H28N2O/c1-51(2)17-5-3-16(4-6-17)48-27-15-25-24-12-11-21-20-8-7-18-19-9-10-22-23-13-14-26-36-34(23)39-31(22)30(19)37-28(18)29(20)38-32(21)33(24)40-35(25)47(49(26,27)52-50-48)46(36)45-43(39)41(37)42(38)44(40)45/h3-9,11-12,22-23,25-27H,10,13-15H2,1-2H3/t22?,23?,25?,26?,27?,49-/m0/s1. The van der Waals surface area contributed by atoms with Crippen molar-refractivity contribution in [1.29, 1.82) is 0 Å². The number of hydrogen-bond donors (Lipinski definition) is 0. The van der Waals surface area contributed by atoms with Crippen LogP contribution < -0.4 is 10.1 Å². The first-order valence-electron chi connectivity index (χ1n) is 19.8. The van der Waals surface area contributed by atoms with Crippen LogP contribution in [-0.4, -0.2) is 19.8 Å². The SMILES string of the molecule is CN(C)c1ccc(C2=NO[C@@]34c5c6c7c8c(ccc9c%10ccc%11c%12c%13c%14c%15c%16c(c5c5c%15c%15c%13c%11c%10c(c98)c%15c75)C3CCC%16C%14CC=%12)C6CC24)cc1. The largest absolute Gasteiger partial charge is 0.383 e. The molecule has 6 atom stereocenters. The molecule has 52 heavy (non-hydrogen) atoms. The molecule has 3 heteroatoms. The third-order valence-electron chi connectivity index (χ3n) is 17.0. The van der Waals surface area contributed by atoms with Crippen molar-refractivity contribution in [1.82, 2.24) is 0 Å². The van der Waals surface area contributed by atoms with Gasteiger partial charge in [0.2, 0.25) is 0 Å². The Bertz CT molecular complexity index is 3720. The van der Waals surface area contributed by atoms with Crippen LogP contribution in [0.3, 0.4) is 0 Å². The molecule has 11 aromatic carbocycles. The van der Waals surface area contributed by atoms with Gasteiger partial charge in [0.25, 0.3) is 0 Å². The highest BCUT2D eigenvalue weighted by Crippen LogP contribution is 2.77. The van der Waals surface area contributed by atoms with Gasteiger partial charge in [0.1, 0.15) is 0 Å². The zero-order valence-corrected chi connectivity index (χ0v) is 28.7. The fraction of sp³-hybridized carbons (Fsp3) is 0.245. The molecule has 1 aliphatic heterocycles. The average molecular weight is 661 g/mol. The van der Waals surface area contributed by atoms with Gasteiger partial charge in [0, 0.05) is 37.2 Å². The summed E-state index contributed by atoms with van der Waals surface area (Å²) in [6.07, 6.45) is 7.37. The quantitative estimate of drug-likeness (QED) is 0.172. The van der Waals surface area contributed by atoms with E-state index in [0.29, 0.717) is 23.7 Å². The van der Waals surface area contributed by atoms with E-state index >= 15 is 0 Å². The number of benzene rings is 8. The lowest BCUT2D eigenvalue weighted by atomic mass is 9.60. The predicted molar refractivity (Wildman–Crippen MR) is 213 cm³/mol. The summed E-state index contributed by atoms with van der Waals surface area (Å²) in [6.45, 7) is 0. The average Bonchev–Trinajstić information content (AvgIpc) is 4.02. The normalized spacial score (nSPS) is 28.6. The first-order valence-corrected chi connectivity index (χ1v) is 19.8. The fourth-order valence-electron chi connectivity index (χ4n) is 15.8.